The highest BCUT2D eigenvalue weighted by Gasteiger charge is 2.30. The summed E-state index contributed by atoms with van der Waals surface area (Å²) in [6.45, 7) is 0.708. The number of aromatic nitrogens is 3. The first-order valence-electron chi connectivity index (χ1n) is 7.71. The van der Waals surface area contributed by atoms with Crippen molar-refractivity contribution < 1.29 is 18.3 Å². The van der Waals surface area contributed by atoms with Crippen LogP contribution in [0.3, 0.4) is 0 Å². The maximum absolute atomic E-state index is 12.9. The van der Waals surface area contributed by atoms with Crippen LogP contribution < -0.4 is 5.32 Å². The second-order valence-electron chi connectivity index (χ2n) is 5.53. The van der Waals surface area contributed by atoms with E-state index in [2.05, 4.69) is 20.3 Å². The van der Waals surface area contributed by atoms with Crippen LogP contribution in [0.5, 0.6) is 0 Å². The second-order valence-corrected chi connectivity index (χ2v) is 5.53. The Labute approximate surface area is 146 Å². The standard InChI is InChI=1S/C17H14F3N5O/c18-17(19,20)11-3-1-2-10(6-11)12-7-13-16(14(8-21)23-12)25-15(24-13)9-22-4-5-26/h1-3,6-7,22,26H,4-5,9H2,(H,24,25). The first kappa shape index (κ1) is 17.8. The van der Waals surface area contributed by atoms with Crippen LogP contribution >= 0.6 is 0 Å². The van der Waals surface area contributed by atoms with E-state index in [4.69, 9.17) is 5.11 Å². The first-order chi connectivity index (χ1) is 12.4. The van der Waals surface area contributed by atoms with Crippen LogP contribution in [-0.2, 0) is 12.7 Å². The Morgan fingerprint density at radius 3 is 2.73 bits per heavy atom. The van der Waals surface area contributed by atoms with Gasteiger partial charge < -0.3 is 15.4 Å². The summed E-state index contributed by atoms with van der Waals surface area (Å²) in [6, 6.07) is 8.27. The van der Waals surface area contributed by atoms with Gasteiger partial charge in [0.05, 0.1) is 29.9 Å². The minimum absolute atomic E-state index is 0.0229. The van der Waals surface area contributed by atoms with Gasteiger partial charge >= 0.3 is 6.18 Å². The molecule has 0 amide bonds. The number of nitriles is 1. The molecule has 0 unspecified atom stereocenters. The summed E-state index contributed by atoms with van der Waals surface area (Å²) in [4.78, 5) is 11.4. The summed E-state index contributed by atoms with van der Waals surface area (Å²) in [6.07, 6.45) is -4.46. The monoisotopic (exact) mass is 361 g/mol. The average molecular weight is 361 g/mol. The number of benzene rings is 1. The number of H-pyrrole nitrogens is 1. The molecule has 9 heteroatoms. The molecule has 3 aromatic rings. The maximum atomic E-state index is 12.9. The van der Waals surface area contributed by atoms with E-state index in [1.54, 1.807) is 6.07 Å². The Balaban J connectivity index is 2.04. The predicted molar refractivity (Wildman–Crippen MR) is 87.8 cm³/mol. The van der Waals surface area contributed by atoms with Crippen LogP contribution in [-0.4, -0.2) is 33.2 Å². The van der Waals surface area contributed by atoms with Crippen molar-refractivity contribution in [2.45, 2.75) is 12.7 Å². The normalized spacial score (nSPS) is 11.7. The number of hydrogen-bond donors (Lipinski definition) is 3. The predicted octanol–water partition coefficient (Wildman–Crippen LogP) is 2.60. The molecular weight excluding hydrogens is 347 g/mol. The van der Waals surface area contributed by atoms with Gasteiger partial charge in [-0.25, -0.2) is 9.97 Å². The van der Waals surface area contributed by atoms with Crippen molar-refractivity contribution in [2.24, 2.45) is 0 Å². The highest BCUT2D eigenvalue weighted by atomic mass is 19.4. The van der Waals surface area contributed by atoms with Crippen LogP contribution in [0.25, 0.3) is 22.3 Å². The van der Waals surface area contributed by atoms with Crippen molar-refractivity contribution >= 4 is 11.0 Å². The highest BCUT2D eigenvalue weighted by Crippen LogP contribution is 2.32. The van der Waals surface area contributed by atoms with Crippen LogP contribution in [0.1, 0.15) is 17.1 Å². The third kappa shape index (κ3) is 3.66. The lowest BCUT2D eigenvalue weighted by Crippen LogP contribution is -2.18. The molecule has 6 nitrogen and oxygen atoms in total. The van der Waals surface area contributed by atoms with E-state index in [0.29, 0.717) is 29.9 Å². The molecule has 0 atom stereocenters. The van der Waals surface area contributed by atoms with Crippen molar-refractivity contribution in [1.29, 1.82) is 5.26 Å². The highest BCUT2D eigenvalue weighted by molar-refractivity contribution is 5.84. The molecule has 134 valence electrons. The quantitative estimate of drug-likeness (QED) is 0.607. The van der Waals surface area contributed by atoms with Crippen molar-refractivity contribution in [3.8, 4) is 17.3 Å². The molecule has 0 saturated heterocycles. The van der Waals surface area contributed by atoms with Crippen LogP contribution in [0.4, 0.5) is 13.2 Å². The fourth-order valence-corrected chi connectivity index (χ4v) is 2.52. The Kier molecular flexibility index (Phi) is 4.88. The van der Waals surface area contributed by atoms with Gasteiger partial charge in [0.1, 0.15) is 17.4 Å². The van der Waals surface area contributed by atoms with Gasteiger partial charge in [-0.1, -0.05) is 12.1 Å². The summed E-state index contributed by atoms with van der Waals surface area (Å²) in [7, 11) is 0. The van der Waals surface area contributed by atoms with Crippen LogP contribution in [0.15, 0.2) is 30.3 Å². The zero-order valence-corrected chi connectivity index (χ0v) is 13.4. The minimum atomic E-state index is -4.46. The van der Waals surface area contributed by atoms with E-state index in [1.165, 1.54) is 12.1 Å². The van der Waals surface area contributed by atoms with E-state index >= 15 is 0 Å². The van der Waals surface area contributed by atoms with Crippen molar-refractivity contribution in [3.63, 3.8) is 0 Å². The summed E-state index contributed by atoms with van der Waals surface area (Å²) in [5.74, 6) is 0.535. The number of imidazole rings is 1. The summed E-state index contributed by atoms with van der Waals surface area (Å²) < 4.78 is 38.8. The maximum Gasteiger partial charge on any atom is 0.416 e. The molecule has 0 fully saturated rings. The number of aromatic amines is 1. The van der Waals surface area contributed by atoms with Gasteiger partial charge in [-0.15, -0.1) is 0 Å². The van der Waals surface area contributed by atoms with E-state index in [9.17, 15) is 18.4 Å². The van der Waals surface area contributed by atoms with Crippen molar-refractivity contribution in [3.05, 3.63) is 47.4 Å². The number of hydrogen-bond acceptors (Lipinski definition) is 5. The van der Waals surface area contributed by atoms with Crippen molar-refractivity contribution in [2.75, 3.05) is 13.2 Å². The number of rotatable bonds is 5. The molecular formula is C17H14F3N5O. The molecule has 26 heavy (non-hydrogen) atoms. The second kappa shape index (κ2) is 7.11. The SMILES string of the molecule is N#Cc1nc(-c2cccc(C(F)(F)F)c2)cc2[nH]c(CNCCO)nc12. The lowest BCUT2D eigenvalue weighted by atomic mass is 10.1. The van der Waals surface area contributed by atoms with E-state index < -0.39 is 11.7 Å². The third-order valence-electron chi connectivity index (χ3n) is 3.69. The lowest BCUT2D eigenvalue weighted by Gasteiger charge is -2.08. The molecule has 0 aliphatic heterocycles. The van der Waals surface area contributed by atoms with Crippen molar-refractivity contribution in [1.82, 2.24) is 20.3 Å². The van der Waals surface area contributed by atoms with E-state index in [-0.39, 0.29) is 23.6 Å². The number of halogens is 3. The van der Waals surface area contributed by atoms with E-state index in [1.807, 2.05) is 6.07 Å². The van der Waals surface area contributed by atoms with Gasteiger partial charge in [0.2, 0.25) is 0 Å². The Morgan fingerprint density at radius 2 is 2.04 bits per heavy atom. The van der Waals surface area contributed by atoms with Gasteiger partial charge in [0.15, 0.2) is 5.69 Å². The largest absolute Gasteiger partial charge is 0.416 e. The molecule has 2 aromatic heterocycles. The molecule has 0 aliphatic carbocycles. The summed E-state index contributed by atoms with van der Waals surface area (Å²) in [5.41, 5.74) is 0.605. The molecule has 0 aliphatic rings. The molecule has 0 bridgehead atoms. The smallest absolute Gasteiger partial charge is 0.395 e. The summed E-state index contributed by atoms with van der Waals surface area (Å²) >= 11 is 0. The lowest BCUT2D eigenvalue weighted by molar-refractivity contribution is -0.137. The Hall–Kier alpha value is -2.96. The van der Waals surface area contributed by atoms with Crippen LogP contribution in [0.2, 0.25) is 0 Å². The van der Waals surface area contributed by atoms with Crippen LogP contribution in [0, 0.1) is 11.3 Å². The molecule has 1 aromatic carbocycles. The fourth-order valence-electron chi connectivity index (χ4n) is 2.52. The number of fused-ring (bicyclic) bond motifs is 1. The molecule has 0 spiro atoms. The Bertz CT molecular complexity index is 975. The molecule has 0 radical (unpaired) electrons. The fraction of sp³-hybridized carbons (Fsp3) is 0.235. The molecule has 2 heterocycles. The van der Waals surface area contributed by atoms with E-state index in [0.717, 1.165) is 12.1 Å². The number of alkyl halides is 3. The molecule has 3 rings (SSSR count). The molecule has 0 saturated carbocycles. The first-order valence-corrected chi connectivity index (χ1v) is 7.71. The third-order valence-corrected chi connectivity index (χ3v) is 3.69. The zero-order valence-electron chi connectivity index (χ0n) is 13.4. The van der Waals surface area contributed by atoms with Gasteiger partial charge in [-0.05, 0) is 18.2 Å². The number of pyridine rings is 1. The molecule has 3 N–H and O–H groups in total. The number of nitrogens with one attached hydrogen (secondary N) is 2. The topological polar surface area (TPSA) is 97.6 Å². The number of aliphatic hydroxyl groups excluding tert-OH is 1. The number of aliphatic hydroxyl groups is 1. The Morgan fingerprint density at radius 1 is 1.23 bits per heavy atom. The summed E-state index contributed by atoms with van der Waals surface area (Å²) in [5, 5.41) is 21.0. The van der Waals surface area contributed by atoms with Gasteiger partial charge in [-0.3, -0.25) is 0 Å². The number of nitrogens with zero attached hydrogens (tertiary/aromatic N) is 3. The van der Waals surface area contributed by atoms with Gasteiger partial charge in [0.25, 0.3) is 0 Å². The van der Waals surface area contributed by atoms with Gasteiger partial charge in [0, 0.05) is 12.1 Å². The average Bonchev–Trinajstić information content (AvgIpc) is 3.03. The minimum Gasteiger partial charge on any atom is -0.395 e. The van der Waals surface area contributed by atoms with Gasteiger partial charge in [-0.2, -0.15) is 18.4 Å². The zero-order chi connectivity index (χ0) is 18.7.